The van der Waals surface area contributed by atoms with Crippen LogP contribution in [0.2, 0.25) is 0 Å². The second kappa shape index (κ2) is 40.1. The monoisotopic (exact) mass is 1990 g/mol. The summed E-state index contributed by atoms with van der Waals surface area (Å²) >= 11 is 0. The molecule has 146 heavy (non-hydrogen) atoms. The Balaban J connectivity index is 0.000000128. The van der Waals surface area contributed by atoms with Gasteiger partial charge in [-0.15, -0.1) is 0 Å². The van der Waals surface area contributed by atoms with E-state index in [1.54, 1.807) is 55.8 Å². The molecular formula is C102H105N23O21. The van der Waals surface area contributed by atoms with Gasteiger partial charge in [-0.25, -0.2) is 24.2 Å². The van der Waals surface area contributed by atoms with Crippen molar-refractivity contribution in [2.24, 2.45) is 5.16 Å². The number of nitrogens with one attached hydrogen (secondary N) is 10. The Morgan fingerprint density at radius 2 is 0.774 bits per heavy atom. The first kappa shape index (κ1) is 99.2. The van der Waals surface area contributed by atoms with E-state index >= 15 is 0 Å². The number of amidine groups is 1. The highest BCUT2D eigenvalue weighted by Gasteiger charge is 2.58. The van der Waals surface area contributed by atoms with Gasteiger partial charge in [0.05, 0.1) is 31.7 Å². The number of rotatable bonds is 27. The molecule has 18 amide bonds. The number of ether oxygens (including phenoxy) is 1. The molecule has 44 nitrogen and oxygen atoms in total. The van der Waals surface area contributed by atoms with Gasteiger partial charge in [0.15, 0.2) is 56.1 Å². The number of furan rings is 4. The summed E-state index contributed by atoms with van der Waals surface area (Å²) in [6, 6.07) is 34.0. The molecule has 12 aromatic rings. The first-order valence-corrected chi connectivity index (χ1v) is 47.2. The van der Waals surface area contributed by atoms with Gasteiger partial charge in [0, 0.05) is 175 Å². The van der Waals surface area contributed by atoms with Crippen LogP contribution in [0.1, 0.15) is 166 Å². The van der Waals surface area contributed by atoms with Crippen molar-refractivity contribution >= 4 is 139 Å². The quantitative estimate of drug-likeness (QED) is 0.00513. The molecule has 0 bridgehead atoms. The number of piperazine rings is 1. The summed E-state index contributed by atoms with van der Waals surface area (Å²) in [6.45, 7) is 17.3. The maximum Gasteiger partial charge on any atom is 0.322 e. The number of likely N-dealkylation sites (N-methyl/N-ethyl adjacent to an activating group) is 3. The van der Waals surface area contributed by atoms with Gasteiger partial charge in [0.25, 0.3) is 59.1 Å². The zero-order valence-corrected chi connectivity index (χ0v) is 81.4. The predicted molar refractivity (Wildman–Crippen MR) is 522 cm³/mol. The van der Waals surface area contributed by atoms with Crippen LogP contribution < -0.4 is 53.2 Å². The van der Waals surface area contributed by atoms with Crippen LogP contribution in [0.4, 0.5) is 19.2 Å². The Morgan fingerprint density at radius 1 is 0.432 bits per heavy atom. The second-order valence-electron chi connectivity index (χ2n) is 37.9. The van der Waals surface area contributed by atoms with E-state index in [0.717, 1.165) is 64.1 Å². The lowest BCUT2D eigenvalue weighted by molar-refractivity contribution is -0.126. The summed E-state index contributed by atoms with van der Waals surface area (Å²) in [5.74, 6) is -3.23. The molecule has 0 radical (unpaired) electrons. The summed E-state index contributed by atoms with van der Waals surface area (Å²) in [6.07, 6.45) is 5.35. The summed E-state index contributed by atoms with van der Waals surface area (Å²) in [4.78, 5) is 223. The van der Waals surface area contributed by atoms with Crippen molar-refractivity contribution in [1.82, 2.24) is 112 Å². The van der Waals surface area contributed by atoms with Gasteiger partial charge in [-0.1, -0.05) is 82.9 Å². The maximum atomic E-state index is 13.2. The highest BCUT2D eigenvalue weighted by atomic mass is 16.5. The first-order valence-electron chi connectivity index (χ1n) is 47.2. The maximum absolute atomic E-state index is 13.2. The van der Waals surface area contributed by atoms with Crippen LogP contribution in [-0.2, 0) is 72.2 Å². The van der Waals surface area contributed by atoms with E-state index in [1.165, 1.54) is 44.1 Å². The molecule has 0 spiro atoms. The molecule has 4 atom stereocenters. The largest absolute Gasteiger partial charge is 0.456 e. The van der Waals surface area contributed by atoms with Crippen LogP contribution in [0.15, 0.2) is 169 Å². The van der Waals surface area contributed by atoms with Gasteiger partial charge in [-0.05, 0) is 146 Å². The van der Waals surface area contributed by atoms with Crippen LogP contribution in [0.3, 0.4) is 0 Å². The molecule has 8 aromatic heterocycles. The third-order valence-electron chi connectivity index (χ3n) is 27.0. The molecule has 44 heteroatoms. The summed E-state index contributed by atoms with van der Waals surface area (Å²) in [7, 11) is 9.21. The van der Waals surface area contributed by atoms with Crippen molar-refractivity contribution in [3.05, 3.63) is 258 Å². The highest BCUT2D eigenvalue weighted by Crippen LogP contribution is 2.41. The van der Waals surface area contributed by atoms with Gasteiger partial charge in [-0.3, -0.25) is 89.0 Å². The number of hydrogen-bond donors (Lipinski definition) is 11. The van der Waals surface area contributed by atoms with E-state index in [0.29, 0.717) is 168 Å². The topological polar surface area (TPSA) is 548 Å². The molecule has 0 aliphatic carbocycles. The number of methoxy groups -OCH3 is 1. The Morgan fingerprint density at radius 3 is 1.12 bits per heavy atom. The number of pyridine rings is 4. The third kappa shape index (κ3) is 19.4. The number of fused-ring (bicyclic) bond motifs is 8. The van der Waals surface area contributed by atoms with E-state index in [4.69, 9.17) is 22.4 Å². The van der Waals surface area contributed by atoms with Gasteiger partial charge < -0.3 is 98.7 Å². The number of amides is 18. The van der Waals surface area contributed by atoms with Gasteiger partial charge >= 0.3 is 24.1 Å². The first-order chi connectivity index (χ1) is 69.9. The Labute approximate surface area is 833 Å². The lowest BCUT2D eigenvalue weighted by Crippen LogP contribution is -2.52. The number of nitrogens with zero attached hydrogens (tertiary/aromatic N) is 13. The van der Waals surface area contributed by atoms with E-state index in [9.17, 15) is 77.1 Å². The molecule has 9 aliphatic rings. The zero-order chi connectivity index (χ0) is 103. The number of aryl methyl sites for hydroxylation is 4. The summed E-state index contributed by atoms with van der Waals surface area (Å²) in [5.41, 5.74) is 7.37. The Hall–Kier alpha value is -17.0. The number of urea groups is 4. The third-order valence-corrected chi connectivity index (χ3v) is 27.0. The fraction of sp³-hybridized carbons (Fsp3) is 0.333. The molecular weight excluding hydrogens is 1880 g/mol. The molecule has 5 saturated heterocycles. The number of carbonyl (C=O) groups is 15. The van der Waals surface area contributed by atoms with Crippen LogP contribution in [0.25, 0.3) is 44.4 Å². The lowest BCUT2D eigenvalue weighted by atomic mass is 9.95. The van der Waals surface area contributed by atoms with Crippen LogP contribution in [-0.4, -0.2) is 286 Å². The standard InChI is InChI=1S/C27H29N7O5.2C25H26N6O5.C25H24N4O6/c1-3-32-6-8-33(9-7-32)23(31-38)18-11-21-20(28-13-18)12-22(39-21)27(25(36)29-26(37)30-27)15-34-14-17-5-4-16(2)10-19(17)24(34)35;1-14-4-5-15-12-31(22(33)17(15)8-14)13-25(23(34)28-24(35)29-25)20-10-18-19(36-20)9-16(11-27-18)21(32)26-6-7-30(2)3;1-14-4-5-15-12-31(22(33)16(15)10-14)13-25(23(34)28-24(35)29-25)20-11-18-19(36-20)7-6-17(27-18)21(32)26-8-9-30(2)3;1-14-5-6-15-12-29(22(31)17(15)8-14)13-25(23(32)27-24(33)28-25)21-10-18-20(35-21)9-16(11-26-18)19(30)4-3-7-34-2/h4-5,10-13,38H,3,6-9,14-15H2,1-2H3,(H2,29,30,36,37);4-5,8-11H,6-7,12-13H2,1-3H3,(H,26,32)(H2,28,29,34,35);4-7,10-11H,8-9,12-13H2,1-3H3,(H,26,32)(H2,28,29,34,35);5-6,8-11H,3-4,7,12-13H2,1-2H3,(H2,27,28,32,33)/t27-;3*25-/m0000/s1. The molecule has 17 heterocycles. The molecule has 4 aromatic carbocycles. The van der Waals surface area contributed by atoms with Crippen molar-refractivity contribution in [3.8, 4) is 0 Å². The summed E-state index contributed by atoms with van der Waals surface area (Å²) < 4.78 is 29.0. The van der Waals surface area contributed by atoms with Crippen molar-refractivity contribution in [2.45, 2.75) is 95.8 Å². The van der Waals surface area contributed by atoms with E-state index in [-0.39, 0.29) is 102 Å². The average Bonchev–Trinajstić information content (AvgIpc) is 1.60. The smallest absolute Gasteiger partial charge is 0.322 e. The van der Waals surface area contributed by atoms with Crippen molar-refractivity contribution in [3.63, 3.8) is 0 Å². The van der Waals surface area contributed by atoms with Gasteiger partial charge in [0.2, 0.25) is 0 Å². The minimum Gasteiger partial charge on any atom is -0.456 e. The molecule has 11 N–H and O–H groups in total. The molecule has 0 unspecified atom stereocenters. The number of carbonyl (C=O) groups excluding carboxylic acids is 15. The normalized spacial score (nSPS) is 19.9. The predicted octanol–water partition coefficient (Wildman–Crippen LogP) is 6.27. The molecule has 21 rings (SSSR count). The van der Waals surface area contributed by atoms with Gasteiger partial charge in [0.1, 0.15) is 50.8 Å². The van der Waals surface area contributed by atoms with E-state index in [2.05, 4.69) is 90.1 Å². The number of ketones is 1. The van der Waals surface area contributed by atoms with Crippen LogP contribution in [0, 0.1) is 27.7 Å². The highest BCUT2D eigenvalue weighted by molar-refractivity contribution is 6.13. The van der Waals surface area contributed by atoms with E-state index < -0.39 is 69.9 Å². The molecule has 5 fully saturated rings. The fourth-order valence-electron chi connectivity index (χ4n) is 19.1. The second-order valence-corrected chi connectivity index (χ2v) is 37.9. The average molecular weight is 1990 g/mol. The fourth-order valence-corrected chi connectivity index (χ4v) is 19.1. The molecule has 9 aliphatic heterocycles. The van der Waals surface area contributed by atoms with E-state index in [1.807, 2.05) is 143 Å². The van der Waals surface area contributed by atoms with Crippen molar-refractivity contribution < 1.29 is 99.5 Å². The number of aromatic nitrogens is 4. The Bertz CT molecular complexity index is 7240. The number of imide groups is 4. The van der Waals surface area contributed by atoms with Crippen molar-refractivity contribution in [1.29, 1.82) is 0 Å². The number of hydrogen-bond acceptors (Lipinski definition) is 29. The van der Waals surface area contributed by atoms with Crippen molar-refractivity contribution in [2.75, 3.05) is 127 Å². The number of benzene rings is 4. The van der Waals surface area contributed by atoms with Crippen LogP contribution >= 0.6 is 0 Å². The minimum absolute atomic E-state index is 0.105. The van der Waals surface area contributed by atoms with Gasteiger partial charge in [-0.2, -0.15) is 0 Å². The lowest BCUT2D eigenvalue weighted by Gasteiger charge is -2.35. The molecule has 754 valence electrons. The number of Topliss-reactive ketones (excluding diaryl/α,β-unsaturated/α-hetero) is 1. The summed E-state index contributed by atoms with van der Waals surface area (Å²) in [5, 5.41) is 38.7. The minimum atomic E-state index is -1.64. The Kier molecular flexibility index (Phi) is 27.2. The number of oxime groups is 1. The van der Waals surface area contributed by atoms with Crippen LogP contribution in [0.5, 0.6) is 0 Å². The molecule has 0 saturated carbocycles. The SMILES string of the molecule is CCN1CCN(C(=NO)c2cnc3cc([C@]4(CN5Cc6ccc(C)cc6C5=O)NC(=O)NC4=O)oc3c2)CC1.COCCCC(=O)c1cnc2cc([C@]3(CN4Cc5ccc(C)cc5C4=O)NC(=O)NC3=O)oc2c1.Cc1ccc2c(c1)C(=O)N(C[C@@]1(c3cc4nc(C(=O)NCCN(C)C)ccc4o3)NC(=O)NC1=O)C2.Cc1ccc2c(c1)C(=O)N(C[C@@]1(c3cc4ncc(C(=O)NCCN(C)C)cc4o3)NC(=O)NC1=O)C2. The zero-order valence-electron chi connectivity index (χ0n) is 81.4.